The molecule has 0 aromatic heterocycles. The Hall–Kier alpha value is -3.23. The zero-order valence-electron chi connectivity index (χ0n) is 36.5. The van der Waals surface area contributed by atoms with Gasteiger partial charge in [0.05, 0.1) is 0 Å². The van der Waals surface area contributed by atoms with Gasteiger partial charge in [-0.2, -0.15) is 0 Å². The molecule has 4 nitrogen and oxygen atoms in total. The number of amides is 2. The van der Waals surface area contributed by atoms with E-state index in [2.05, 4.69) is 27.7 Å². The predicted octanol–water partition coefficient (Wildman–Crippen LogP) is 11.9. The van der Waals surface area contributed by atoms with Gasteiger partial charge in [0.15, 0.2) is 0 Å². The van der Waals surface area contributed by atoms with Crippen molar-refractivity contribution in [3.8, 4) is 0 Å². The van der Waals surface area contributed by atoms with Gasteiger partial charge < -0.3 is 0 Å². The molecule has 0 fully saturated rings. The molecule has 0 heterocycles. The fourth-order valence-corrected chi connectivity index (χ4v) is 16.9. The van der Waals surface area contributed by atoms with Crippen LogP contribution in [-0.2, 0) is 26.2 Å². The van der Waals surface area contributed by atoms with E-state index in [0.29, 0.717) is 32.4 Å². The molecule has 9 heteroatoms. The van der Waals surface area contributed by atoms with E-state index >= 15 is 17.6 Å². The van der Waals surface area contributed by atoms with Gasteiger partial charge in [0, 0.05) is 0 Å². The molecule has 0 N–H and O–H groups in total. The molecule has 312 valence electrons. The number of nitrogens with zero attached hydrogens (tertiary/aromatic N) is 2. The number of halogens is 4. The quantitative estimate of drug-likeness (QED) is 0.111. The van der Waals surface area contributed by atoms with Gasteiger partial charge in [0.1, 0.15) is 0 Å². The molecule has 0 radical (unpaired) electrons. The fourth-order valence-electron chi connectivity index (χ4n) is 8.61. The minimum absolute atomic E-state index is 0.0233. The van der Waals surface area contributed by atoms with Gasteiger partial charge in [-0.05, 0) is 0 Å². The Morgan fingerprint density at radius 3 is 1.26 bits per heavy atom. The number of anilines is 2. The summed E-state index contributed by atoms with van der Waals surface area (Å²) in [6.45, 7) is 23.8. The fraction of sp³-hybridized carbons (Fsp3) is 0.542. The Kier molecular flexibility index (Phi) is 15.3. The van der Waals surface area contributed by atoms with Crippen LogP contribution in [0.5, 0.6) is 0 Å². The van der Waals surface area contributed by atoms with Gasteiger partial charge >= 0.3 is 345 Å². The molecule has 2 amide bonds. The Morgan fingerprint density at radius 1 is 0.632 bits per heavy atom. The van der Waals surface area contributed by atoms with Crippen LogP contribution < -0.4 is 17.5 Å². The topological polar surface area (TPSA) is 40.6 Å². The van der Waals surface area contributed by atoms with Crippen molar-refractivity contribution in [2.75, 3.05) is 22.9 Å². The van der Waals surface area contributed by atoms with Gasteiger partial charge in [0.2, 0.25) is 0 Å². The molecule has 2 aliphatic rings. The molecule has 4 rings (SSSR count). The van der Waals surface area contributed by atoms with E-state index in [1.807, 2.05) is 67.5 Å². The van der Waals surface area contributed by atoms with Gasteiger partial charge in [-0.15, -0.1) is 0 Å². The van der Waals surface area contributed by atoms with Crippen LogP contribution in [0.1, 0.15) is 122 Å². The first-order valence-electron chi connectivity index (χ1n) is 21.0. The van der Waals surface area contributed by atoms with E-state index in [-0.39, 0.29) is 68.7 Å². The number of benzene rings is 2. The second-order valence-corrected chi connectivity index (χ2v) is 24.6. The number of hydrogen-bond donors (Lipinski definition) is 0. The van der Waals surface area contributed by atoms with Gasteiger partial charge in [0.25, 0.3) is 0 Å². The van der Waals surface area contributed by atoms with Crippen molar-refractivity contribution in [2.45, 2.75) is 122 Å². The van der Waals surface area contributed by atoms with Crippen LogP contribution in [0.15, 0.2) is 68.5 Å². The third-order valence-corrected chi connectivity index (χ3v) is 20.1. The summed E-state index contributed by atoms with van der Waals surface area (Å²) in [5.74, 6) is -3.79. The molecule has 2 unspecified atom stereocenters. The van der Waals surface area contributed by atoms with Gasteiger partial charge in [-0.1, -0.05) is 0 Å². The molecule has 2 aromatic rings. The van der Waals surface area contributed by atoms with Crippen LogP contribution >= 0.6 is 0 Å². The first-order chi connectivity index (χ1) is 26.6. The third kappa shape index (κ3) is 9.64. The second-order valence-electron chi connectivity index (χ2n) is 18.7. The summed E-state index contributed by atoms with van der Waals surface area (Å²) < 4.78 is 71.1. The average Bonchev–Trinajstić information content (AvgIpc) is 3.88. The molecule has 2 atom stereocenters. The van der Waals surface area contributed by atoms with Crippen molar-refractivity contribution in [1.29, 1.82) is 0 Å². The second kappa shape index (κ2) is 18.8. The zero-order valence-corrected chi connectivity index (χ0v) is 38.0. The molecular weight excluding hydrogens is 760 g/mol. The summed E-state index contributed by atoms with van der Waals surface area (Å²) >= 11 is -5.34. The third-order valence-electron chi connectivity index (χ3n) is 12.1. The standard InChI is InChI=1S/2C19H28F2NO.2C5H5.Ti/c2*1-7-19(5,6)18(23)22(12-14(4)10-13(2)3)17-9-8-15(20)11-16(17)21;2*1-2-4-5-3-1;/h2*8-9,13-14H,7,10,12H2,1-6H3;2*1-3H,4H2;. The normalized spacial score (nSPS) is 15.7. The molecule has 0 saturated carbocycles. The van der Waals surface area contributed by atoms with E-state index in [1.54, 1.807) is 24.3 Å². The maximum atomic E-state index is 18.2. The summed E-state index contributed by atoms with van der Waals surface area (Å²) in [6.07, 6.45) is 13.8. The molecule has 0 bridgehead atoms. The SMILES string of the molecule is CCC(C)(C)C(=O)N(CC(C)CC(C)C)c1ccc(F)[c]([Ti]([C]2=CC=CC2)([C]2=CC=CC2)[c]2c(F)ccc(N(CC(C)CC(C)C)C(=O)C(C)(C)CC)c2F)c1F. The van der Waals surface area contributed by atoms with Crippen LogP contribution in [0.3, 0.4) is 0 Å². The van der Waals surface area contributed by atoms with Crippen LogP contribution in [0.2, 0.25) is 0 Å². The molecular formula is C48H66F4N2O2Ti. The summed E-state index contributed by atoms with van der Waals surface area (Å²) in [6, 6.07) is 4.95. The number of hydrogen-bond acceptors (Lipinski definition) is 2. The van der Waals surface area contributed by atoms with Crippen LogP contribution in [0, 0.1) is 57.8 Å². The van der Waals surface area contributed by atoms with Gasteiger partial charge in [-0.3, -0.25) is 0 Å². The van der Waals surface area contributed by atoms with E-state index in [4.69, 9.17) is 0 Å². The number of carbonyl (C=O) groups excluding carboxylic acids is 2. The van der Waals surface area contributed by atoms with Crippen molar-refractivity contribution in [3.05, 3.63) is 91.7 Å². The Labute approximate surface area is 343 Å². The molecule has 57 heavy (non-hydrogen) atoms. The number of allylic oxidation sites excluding steroid dienone is 8. The molecule has 2 aliphatic carbocycles. The molecule has 0 saturated heterocycles. The number of carbonyl (C=O) groups is 2. The first-order valence-corrected chi connectivity index (χ1v) is 24.1. The van der Waals surface area contributed by atoms with Crippen molar-refractivity contribution in [2.24, 2.45) is 34.5 Å². The van der Waals surface area contributed by atoms with Crippen molar-refractivity contribution < 1.29 is 43.7 Å². The average molecular weight is 827 g/mol. The summed E-state index contributed by atoms with van der Waals surface area (Å²) in [5, 5.41) is 0. The van der Waals surface area contributed by atoms with Crippen LogP contribution in [-0.4, -0.2) is 24.9 Å². The van der Waals surface area contributed by atoms with E-state index in [9.17, 15) is 9.59 Å². The molecule has 0 aliphatic heterocycles. The van der Waals surface area contributed by atoms with Gasteiger partial charge in [-0.25, -0.2) is 0 Å². The van der Waals surface area contributed by atoms with E-state index in [1.165, 1.54) is 34.1 Å². The maximum absolute atomic E-state index is 18.2. The Bertz CT molecular complexity index is 1790. The summed E-state index contributed by atoms with van der Waals surface area (Å²) in [5.41, 5.74) is -1.92. The van der Waals surface area contributed by atoms with Crippen LogP contribution in [0.25, 0.3) is 0 Å². The predicted molar refractivity (Wildman–Crippen MR) is 226 cm³/mol. The van der Waals surface area contributed by atoms with E-state index in [0.717, 1.165) is 12.8 Å². The first kappa shape index (κ1) is 46.5. The Morgan fingerprint density at radius 2 is 0.982 bits per heavy atom. The summed E-state index contributed by atoms with van der Waals surface area (Å²) in [7, 11) is 0. The molecule has 2 aromatic carbocycles. The zero-order chi connectivity index (χ0) is 42.6. The van der Waals surface area contributed by atoms with Crippen molar-refractivity contribution in [3.63, 3.8) is 0 Å². The van der Waals surface area contributed by atoms with Crippen molar-refractivity contribution >= 4 is 30.9 Å². The van der Waals surface area contributed by atoms with E-state index < -0.39 is 50.7 Å². The number of rotatable bonds is 18. The summed E-state index contributed by atoms with van der Waals surface area (Å²) in [4.78, 5) is 31.7. The minimum atomic E-state index is -5.34. The molecule has 0 spiro atoms. The van der Waals surface area contributed by atoms with Crippen molar-refractivity contribution in [1.82, 2.24) is 0 Å². The van der Waals surface area contributed by atoms with Crippen LogP contribution in [0.4, 0.5) is 28.9 Å². The monoisotopic (exact) mass is 826 g/mol. The Balaban J connectivity index is 2.16.